The number of imidazole rings is 1. The molecule has 0 aliphatic carbocycles. The molecule has 2 aliphatic heterocycles. The number of aromatic amines is 1. The lowest BCUT2D eigenvalue weighted by atomic mass is 9.98. The Morgan fingerprint density at radius 3 is 2.63 bits per heavy atom. The molecule has 224 valence electrons. The summed E-state index contributed by atoms with van der Waals surface area (Å²) in [6, 6.07) is 23.8. The minimum absolute atomic E-state index is 0.157. The van der Waals surface area contributed by atoms with Gasteiger partial charge in [-0.15, -0.1) is 0 Å². The Kier molecular flexibility index (Phi) is 8.79. The second kappa shape index (κ2) is 13.2. The molecule has 9 heteroatoms. The van der Waals surface area contributed by atoms with Crippen LogP contribution in [-0.2, 0) is 17.9 Å². The lowest BCUT2D eigenvalue weighted by Crippen LogP contribution is -2.40. The molecule has 1 fully saturated rings. The molecule has 1 amide bonds. The van der Waals surface area contributed by atoms with Crippen LogP contribution in [0.4, 0.5) is 4.79 Å². The van der Waals surface area contributed by atoms with E-state index >= 15 is 0 Å². The first kappa shape index (κ1) is 28.6. The van der Waals surface area contributed by atoms with Crippen molar-refractivity contribution in [2.75, 3.05) is 39.9 Å². The van der Waals surface area contributed by atoms with Crippen molar-refractivity contribution >= 4 is 22.8 Å². The van der Waals surface area contributed by atoms with E-state index in [0.29, 0.717) is 32.7 Å². The number of ether oxygens (including phenoxy) is 3. The highest BCUT2D eigenvalue weighted by molar-refractivity contribution is 5.79. The number of amides is 1. The highest BCUT2D eigenvalue weighted by Gasteiger charge is 2.25. The number of rotatable bonds is 9. The molecule has 4 aromatic rings. The highest BCUT2D eigenvalue weighted by atomic mass is 16.6. The van der Waals surface area contributed by atoms with Crippen molar-refractivity contribution in [1.29, 1.82) is 0 Å². The van der Waals surface area contributed by atoms with Gasteiger partial charge in [-0.1, -0.05) is 48.5 Å². The number of carbonyl (C=O) groups is 1. The average molecular weight is 583 g/mol. The van der Waals surface area contributed by atoms with Gasteiger partial charge in [-0.25, -0.2) is 9.59 Å². The Morgan fingerprint density at radius 2 is 1.81 bits per heavy atom. The first-order chi connectivity index (χ1) is 21.1. The fourth-order valence-corrected chi connectivity index (χ4v) is 6.00. The van der Waals surface area contributed by atoms with E-state index in [9.17, 15) is 9.59 Å². The second-order valence-corrected chi connectivity index (χ2v) is 11.3. The van der Waals surface area contributed by atoms with Crippen LogP contribution < -0.4 is 15.2 Å². The minimum atomic E-state index is -0.297. The fraction of sp³-hybridized carbons (Fsp3) is 0.353. The number of para-hydroxylation sites is 2. The van der Waals surface area contributed by atoms with Gasteiger partial charge >= 0.3 is 11.8 Å². The fourth-order valence-electron chi connectivity index (χ4n) is 6.00. The Hall–Kier alpha value is -4.50. The number of benzene rings is 3. The number of likely N-dealkylation sites (tertiary alicyclic amines) is 1. The van der Waals surface area contributed by atoms with Crippen LogP contribution in [0.2, 0.25) is 0 Å². The van der Waals surface area contributed by atoms with Crippen molar-refractivity contribution in [2.45, 2.75) is 32.4 Å². The molecular formula is C34H38N4O5. The smallest absolute Gasteiger partial charge is 0.410 e. The van der Waals surface area contributed by atoms with Crippen molar-refractivity contribution in [3.05, 3.63) is 100 Å². The van der Waals surface area contributed by atoms with Gasteiger partial charge in [-0.2, -0.15) is 0 Å². The first-order valence-electron chi connectivity index (χ1n) is 14.9. The Balaban J connectivity index is 1.00. The SMILES string of the molecule is COc1ccc(CN2CCCC(COC(=O)N3CC=C(n4c(=O)[nH]c5ccccc54)CC3)C2)cc1OCc1ccccc1. The monoisotopic (exact) mass is 582 g/mol. The maximum absolute atomic E-state index is 12.9. The van der Waals surface area contributed by atoms with Crippen LogP contribution in [0.5, 0.6) is 11.5 Å². The van der Waals surface area contributed by atoms with Crippen molar-refractivity contribution < 1.29 is 19.0 Å². The number of H-pyrrole nitrogens is 1. The summed E-state index contributed by atoms with van der Waals surface area (Å²) >= 11 is 0. The number of methoxy groups -OCH3 is 1. The van der Waals surface area contributed by atoms with E-state index in [2.05, 4.69) is 22.0 Å². The molecule has 1 atom stereocenters. The number of hydrogen-bond donors (Lipinski definition) is 1. The maximum Gasteiger partial charge on any atom is 0.410 e. The van der Waals surface area contributed by atoms with Crippen LogP contribution >= 0.6 is 0 Å². The van der Waals surface area contributed by atoms with Gasteiger partial charge in [0.05, 0.1) is 24.8 Å². The Labute approximate surface area is 251 Å². The molecule has 3 heterocycles. The van der Waals surface area contributed by atoms with Crippen LogP contribution in [0.1, 0.15) is 30.4 Å². The molecule has 6 rings (SSSR count). The third-order valence-electron chi connectivity index (χ3n) is 8.24. The Bertz CT molecular complexity index is 1640. The summed E-state index contributed by atoms with van der Waals surface area (Å²) < 4.78 is 19.1. The predicted octanol–water partition coefficient (Wildman–Crippen LogP) is 5.51. The van der Waals surface area contributed by atoms with E-state index < -0.39 is 0 Å². The van der Waals surface area contributed by atoms with Gasteiger partial charge in [0.1, 0.15) is 6.61 Å². The summed E-state index contributed by atoms with van der Waals surface area (Å²) in [4.78, 5) is 32.5. The molecule has 0 spiro atoms. The van der Waals surface area contributed by atoms with Crippen LogP contribution in [-0.4, -0.2) is 65.3 Å². The predicted molar refractivity (Wildman–Crippen MR) is 166 cm³/mol. The van der Waals surface area contributed by atoms with Gasteiger partial charge in [0, 0.05) is 44.2 Å². The lowest BCUT2D eigenvalue weighted by Gasteiger charge is -2.33. The summed E-state index contributed by atoms with van der Waals surface area (Å²) in [5, 5.41) is 0. The van der Waals surface area contributed by atoms with Crippen LogP contribution in [0.15, 0.2) is 83.7 Å². The van der Waals surface area contributed by atoms with Gasteiger partial charge in [0.2, 0.25) is 0 Å². The van der Waals surface area contributed by atoms with Crippen molar-refractivity contribution in [2.24, 2.45) is 5.92 Å². The summed E-state index contributed by atoms with van der Waals surface area (Å²) in [5.74, 6) is 1.74. The summed E-state index contributed by atoms with van der Waals surface area (Å²) in [6.45, 7) is 4.48. The summed E-state index contributed by atoms with van der Waals surface area (Å²) in [7, 11) is 1.66. The van der Waals surface area contributed by atoms with E-state index in [1.165, 1.54) is 0 Å². The number of nitrogens with one attached hydrogen (secondary N) is 1. The molecule has 1 unspecified atom stereocenters. The van der Waals surface area contributed by atoms with E-state index in [0.717, 1.165) is 71.8 Å². The molecule has 1 N–H and O–H groups in total. The Morgan fingerprint density at radius 1 is 0.977 bits per heavy atom. The molecule has 0 radical (unpaired) electrons. The molecule has 0 saturated carbocycles. The van der Waals surface area contributed by atoms with Crippen LogP contribution in [0.3, 0.4) is 0 Å². The van der Waals surface area contributed by atoms with Crippen LogP contribution in [0.25, 0.3) is 16.7 Å². The maximum atomic E-state index is 12.9. The molecule has 9 nitrogen and oxygen atoms in total. The average Bonchev–Trinajstić information content (AvgIpc) is 3.39. The molecule has 1 saturated heterocycles. The quantitative estimate of drug-likeness (QED) is 0.280. The van der Waals surface area contributed by atoms with E-state index in [4.69, 9.17) is 14.2 Å². The van der Waals surface area contributed by atoms with Crippen molar-refractivity contribution in [3.63, 3.8) is 0 Å². The van der Waals surface area contributed by atoms with Crippen molar-refractivity contribution in [3.8, 4) is 11.5 Å². The third-order valence-corrected chi connectivity index (χ3v) is 8.24. The minimum Gasteiger partial charge on any atom is -0.493 e. The molecule has 0 bridgehead atoms. The van der Waals surface area contributed by atoms with E-state index in [1.54, 1.807) is 16.6 Å². The number of carbonyl (C=O) groups excluding carboxylic acids is 1. The topological polar surface area (TPSA) is 89.0 Å². The van der Waals surface area contributed by atoms with Gasteiger partial charge in [-0.05, 0) is 60.9 Å². The first-order valence-corrected chi connectivity index (χ1v) is 14.9. The number of aromatic nitrogens is 2. The normalized spacial score (nSPS) is 17.5. The van der Waals surface area contributed by atoms with Gasteiger partial charge < -0.3 is 24.1 Å². The third kappa shape index (κ3) is 6.78. The van der Waals surface area contributed by atoms with Gasteiger partial charge in [0.15, 0.2) is 11.5 Å². The zero-order chi connectivity index (χ0) is 29.6. The largest absolute Gasteiger partial charge is 0.493 e. The lowest BCUT2D eigenvalue weighted by molar-refractivity contribution is 0.0654. The number of piperidine rings is 1. The van der Waals surface area contributed by atoms with Crippen molar-refractivity contribution in [1.82, 2.24) is 19.4 Å². The van der Waals surface area contributed by atoms with Gasteiger partial charge in [-0.3, -0.25) is 9.47 Å². The zero-order valence-electron chi connectivity index (χ0n) is 24.5. The second-order valence-electron chi connectivity index (χ2n) is 11.3. The molecule has 1 aromatic heterocycles. The molecule has 2 aliphatic rings. The highest BCUT2D eigenvalue weighted by Crippen LogP contribution is 2.30. The number of hydrogen-bond acceptors (Lipinski definition) is 6. The standard InChI is InChI=1S/C34H38N4O5/c1-41-31-14-13-26(20-32(31)42-23-25-8-3-2-4-9-25)21-36-17-7-10-27(22-36)24-43-34(40)37-18-15-28(16-19-37)38-30-12-6-5-11-29(30)35-33(38)39/h2-6,8-9,11-15,20,27H,7,10,16-19,21-24H2,1H3,(H,35,39). The van der Waals surface area contributed by atoms with E-state index in [1.807, 2.05) is 66.7 Å². The molecular weight excluding hydrogens is 544 g/mol. The van der Waals surface area contributed by atoms with Crippen LogP contribution in [0, 0.1) is 5.92 Å². The molecule has 43 heavy (non-hydrogen) atoms. The van der Waals surface area contributed by atoms with Gasteiger partial charge in [0.25, 0.3) is 0 Å². The summed E-state index contributed by atoms with van der Waals surface area (Å²) in [5.41, 5.74) is 4.67. The molecule has 3 aromatic carbocycles. The summed E-state index contributed by atoms with van der Waals surface area (Å²) in [6.07, 6.45) is 4.33. The number of nitrogens with zero attached hydrogens (tertiary/aromatic N) is 3. The number of fused-ring (bicyclic) bond motifs is 1. The van der Waals surface area contributed by atoms with E-state index in [-0.39, 0.29) is 17.7 Å². The zero-order valence-corrected chi connectivity index (χ0v) is 24.5.